The molecule has 1 spiro atoms. The Labute approximate surface area is 167 Å². The Bertz CT molecular complexity index is 877. The minimum atomic E-state index is 0.00675. The van der Waals surface area contributed by atoms with Crippen LogP contribution >= 0.6 is 0 Å². The molecule has 1 atom stereocenters. The summed E-state index contributed by atoms with van der Waals surface area (Å²) in [5.41, 5.74) is 4.97. The quantitative estimate of drug-likeness (QED) is 0.870. The van der Waals surface area contributed by atoms with Crippen LogP contribution in [-0.4, -0.2) is 44.0 Å². The number of fused-ring (bicyclic) bond motifs is 2. The van der Waals surface area contributed by atoms with Gasteiger partial charge in [-0.25, -0.2) is 0 Å². The van der Waals surface area contributed by atoms with Crippen molar-refractivity contribution in [2.45, 2.75) is 31.2 Å². The highest BCUT2D eigenvalue weighted by atomic mass is 16.1. The van der Waals surface area contributed by atoms with E-state index in [-0.39, 0.29) is 11.3 Å². The lowest BCUT2D eigenvalue weighted by Gasteiger charge is -2.27. The molecule has 5 rings (SSSR count). The molecule has 0 aromatic heterocycles. The second-order valence-electron chi connectivity index (χ2n) is 8.86. The number of hydrogen-bond acceptors (Lipinski definition) is 3. The molecule has 2 aliphatic heterocycles. The molecule has 2 aromatic carbocycles. The molecule has 2 heterocycles. The van der Waals surface area contributed by atoms with Crippen LogP contribution in [-0.2, 0) is 12.0 Å². The van der Waals surface area contributed by atoms with Crippen molar-refractivity contribution in [1.82, 2.24) is 10.2 Å². The third-order valence-electron chi connectivity index (χ3n) is 6.75. The lowest BCUT2D eigenvalue weighted by atomic mass is 9.81. The van der Waals surface area contributed by atoms with Gasteiger partial charge in [0.1, 0.15) is 0 Å². The van der Waals surface area contributed by atoms with Gasteiger partial charge in [0.15, 0.2) is 0 Å². The summed E-state index contributed by atoms with van der Waals surface area (Å²) in [6.07, 6.45) is 4.00. The zero-order chi connectivity index (χ0) is 19.1. The molecule has 1 amide bonds. The highest BCUT2D eigenvalue weighted by Gasteiger charge is 2.47. The van der Waals surface area contributed by atoms with E-state index in [1.807, 2.05) is 6.07 Å². The molecule has 1 saturated heterocycles. The van der Waals surface area contributed by atoms with Crippen LogP contribution in [0.25, 0.3) is 0 Å². The van der Waals surface area contributed by atoms with Gasteiger partial charge in [0.05, 0.1) is 0 Å². The zero-order valence-corrected chi connectivity index (χ0v) is 16.7. The van der Waals surface area contributed by atoms with Crippen molar-refractivity contribution in [1.29, 1.82) is 0 Å². The first-order valence-electron chi connectivity index (χ1n) is 10.5. The minimum absolute atomic E-state index is 0.00675. The Hall–Kier alpha value is -2.33. The van der Waals surface area contributed by atoms with Crippen LogP contribution in [0.1, 0.15) is 40.7 Å². The van der Waals surface area contributed by atoms with Crippen LogP contribution in [0.3, 0.4) is 0 Å². The molecule has 28 heavy (non-hydrogen) atoms. The molecule has 1 unspecified atom stereocenters. The van der Waals surface area contributed by atoms with E-state index in [1.54, 1.807) is 7.05 Å². The van der Waals surface area contributed by atoms with Gasteiger partial charge in [-0.15, -0.1) is 0 Å². The van der Waals surface area contributed by atoms with Crippen molar-refractivity contribution in [2.75, 3.05) is 38.1 Å². The van der Waals surface area contributed by atoms with Gasteiger partial charge in [-0.3, -0.25) is 4.79 Å². The van der Waals surface area contributed by atoms with E-state index in [0.29, 0.717) is 0 Å². The monoisotopic (exact) mass is 375 g/mol. The molecule has 2 fully saturated rings. The summed E-state index contributed by atoms with van der Waals surface area (Å²) >= 11 is 0. The Morgan fingerprint density at radius 2 is 1.96 bits per heavy atom. The van der Waals surface area contributed by atoms with Crippen molar-refractivity contribution >= 4 is 11.6 Å². The second-order valence-corrected chi connectivity index (χ2v) is 8.86. The largest absolute Gasteiger partial charge is 0.366 e. The molecule has 0 radical (unpaired) electrons. The summed E-state index contributed by atoms with van der Waals surface area (Å²) in [6.45, 7) is 5.54. The van der Waals surface area contributed by atoms with Crippen LogP contribution < -0.4 is 10.2 Å². The Morgan fingerprint density at radius 3 is 2.71 bits per heavy atom. The predicted octanol–water partition coefficient (Wildman–Crippen LogP) is 3.42. The highest BCUT2D eigenvalue weighted by Crippen LogP contribution is 2.48. The molecule has 3 aliphatic rings. The first-order chi connectivity index (χ1) is 13.7. The molecular formula is C24H29N3O. The molecular weight excluding hydrogens is 346 g/mol. The topological polar surface area (TPSA) is 35.6 Å². The van der Waals surface area contributed by atoms with Crippen LogP contribution in [0.15, 0.2) is 48.5 Å². The number of carbonyl (C=O) groups is 1. The van der Waals surface area contributed by atoms with Crippen molar-refractivity contribution in [3.8, 4) is 0 Å². The van der Waals surface area contributed by atoms with E-state index >= 15 is 0 Å². The average molecular weight is 376 g/mol. The lowest BCUT2D eigenvalue weighted by Crippen LogP contribution is -2.36. The predicted molar refractivity (Wildman–Crippen MR) is 113 cm³/mol. The molecule has 0 bridgehead atoms. The van der Waals surface area contributed by atoms with Gasteiger partial charge >= 0.3 is 0 Å². The summed E-state index contributed by atoms with van der Waals surface area (Å²) in [5, 5.41) is 2.78. The van der Waals surface area contributed by atoms with E-state index in [0.717, 1.165) is 31.1 Å². The third-order valence-corrected chi connectivity index (χ3v) is 6.75. The minimum Gasteiger partial charge on any atom is -0.366 e. The Morgan fingerprint density at radius 1 is 1.14 bits per heavy atom. The normalized spacial score (nSPS) is 24.0. The van der Waals surface area contributed by atoms with Crippen molar-refractivity contribution in [2.24, 2.45) is 5.92 Å². The maximum Gasteiger partial charge on any atom is 0.251 e. The fourth-order valence-electron chi connectivity index (χ4n) is 5.13. The average Bonchev–Trinajstić information content (AvgIpc) is 3.38. The number of nitrogens with zero attached hydrogens (tertiary/aromatic N) is 2. The standard InChI is InChI=1S/C24H29N3O/c1-25-23(28)20-9-10-22-21(13-20)24(11-12-26(16-24)14-19-7-8-19)17-27(22)15-18-5-3-2-4-6-18/h2-6,9-10,13,19H,7-8,11-12,14-17H2,1H3,(H,25,28). The van der Waals surface area contributed by atoms with Crippen molar-refractivity contribution in [3.05, 3.63) is 65.2 Å². The van der Waals surface area contributed by atoms with Crippen molar-refractivity contribution < 1.29 is 4.79 Å². The molecule has 146 valence electrons. The third kappa shape index (κ3) is 3.20. The highest BCUT2D eigenvalue weighted by molar-refractivity contribution is 5.95. The Balaban J connectivity index is 1.47. The van der Waals surface area contributed by atoms with E-state index in [4.69, 9.17) is 0 Å². The van der Waals surface area contributed by atoms with E-state index in [1.165, 1.54) is 49.2 Å². The summed E-state index contributed by atoms with van der Waals surface area (Å²) in [6, 6.07) is 17.0. The second kappa shape index (κ2) is 6.93. The maximum atomic E-state index is 12.3. The lowest BCUT2D eigenvalue weighted by molar-refractivity contribution is 0.0963. The van der Waals surface area contributed by atoms with Crippen LogP contribution in [0.5, 0.6) is 0 Å². The van der Waals surface area contributed by atoms with Crippen LogP contribution in [0.2, 0.25) is 0 Å². The Kier molecular flexibility index (Phi) is 4.39. The molecule has 1 N–H and O–H groups in total. The molecule has 1 saturated carbocycles. The van der Waals surface area contributed by atoms with Gasteiger partial charge in [0.2, 0.25) is 0 Å². The number of benzene rings is 2. The van der Waals surface area contributed by atoms with Gasteiger partial charge in [-0.05, 0) is 61.1 Å². The van der Waals surface area contributed by atoms with E-state index in [9.17, 15) is 4.79 Å². The number of likely N-dealkylation sites (tertiary alicyclic amines) is 1. The maximum absolute atomic E-state index is 12.3. The molecule has 4 heteroatoms. The molecule has 4 nitrogen and oxygen atoms in total. The summed E-state index contributed by atoms with van der Waals surface area (Å²) in [5.74, 6) is 0.931. The fourth-order valence-corrected chi connectivity index (χ4v) is 5.13. The number of amides is 1. The number of rotatable bonds is 5. The summed E-state index contributed by atoms with van der Waals surface area (Å²) in [4.78, 5) is 17.5. The summed E-state index contributed by atoms with van der Waals surface area (Å²) < 4.78 is 0. The number of carbonyl (C=O) groups excluding carboxylic acids is 1. The van der Waals surface area contributed by atoms with E-state index < -0.39 is 0 Å². The van der Waals surface area contributed by atoms with Gasteiger partial charge < -0.3 is 15.1 Å². The van der Waals surface area contributed by atoms with Crippen LogP contribution in [0, 0.1) is 5.92 Å². The van der Waals surface area contributed by atoms with Gasteiger partial charge in [0, 0.05) is 49.9 Å². The molecule has 1 aliphatic carbocycles. The number of anilines is 1. The van der Waals surface area contributed by atoms with Gasteiger partial charge in [0.25, 0.3) is 5.91 Å². The fraction of sp³-hybridized carbons (Fsp3) is 0.458. The van der Waals surface area contributed by atoms with E-state index in [2.05, 4.69) is 57.6 Å². The number of nitrogens with one attached hydrogen (secondary N) is 1. The first kappa shape index (κ1) is 17.7. The van der Waals surface area contributed by atoms with Crippen molar-refractivity contribution in [3.63, 3.8) is 0 Å². The molecule has 2 aromatic rings. The SMILES string of the molecule is CNC(=O)c1ccc2c(c1)C1(CCN(CC3CC3)C1)CN2Cc1ccccc1. The smallest absolute Gasteiger partial charge is 0.251 e. The van der Waals surface area contributed by atoms with Crippen LogP contribution in [0.4, 0.5) is 5.69 Å². The first-order valence-corrected chi connectivity index (χ1v) is 10.5. The van der Waals surface area contributed by atoms with Gasteiger partial charge in [-0.2, -0.15) is 0 Å². The number of hydrogen-bond donors (Lipinski definition) is 1. The van der Waals surface area contributed by atoms with Gasteiger partial charge in [-0.1, -0.05) is 30.3 Å². The zero-order valence-electron chi connectivity index (χ0n) is 16.7. The summed E-state index contributed by atoms with van der Waals surface area (Å²) in [7, 11) is 1.71.